The first-order chi connectivity index (χ1) is 13.9. The number of amides is 1. The molecule has 3 rings (SSSR count). The van der Waals surface area contributed by atoms with Crippen molar-refractivity contribution in [2.24, 2.45) is 0 Å². The van der Waals surface area contributed by atoms with Gasteiger partial charge in [0.1, 0.15) is 5.75 Å². The molecule has 0 saturated carbocycles. The molecule has 0 atom stereocenters. The number of nitrogens with one attached hydrogen (secondary N) is 1. The highest BCUT2D eigenvalue weighted by molar-refractivity contribution is 7.14. The van der Waals surface area contributed by atoms with E-state index in [2.05, 4.69) is 36.3 Å². The summed E-state index contributed by atoms with van der Waals surface area (Å²) in [7, 11) is 0. The summed E-state index contributed by atoms with van der Waals surface area (Å²) < 4.78 is 5.71. The van der Waals surface area contributed by atoms with Gasteiger partial charge in [0.2, 0.25) is 5.91 Å². The summed E-state index contributed by atoms with van der Waals surface area (Å²) in [6.07, 6.45) is 0.986. The molecule has 1 aromatic heterocycles. The van der Waals surface area contributed by atoms with E-state index in [0.717, 1.165) is 11.3 Å². The van der Waals surface area contributed by atoms with Crippen molar-refractivity contribution in [2.75, 3.05) is 11.9 Å². The summed E-state index contributed by atoms with van der Waals surface area (Å²) in [5.41, 5.74) is 2.77. The van der Waals surface area contributed by atoms with E-state index in [1.54, 1.807) is 12.1 Å². The molecule has 0 radical (unpaired) electrons. The molecule has 7 heteroatoms. The summed E-state index contributed by atoms with van der Waals surface area (Å²) in [6, 6.07) is 13.3. The van der Waals surface area contributed by atoms with Gasteiger partial charge in [-0.3, -0.25) is 4.79 Å². The monoisotopic (exact) mass is 448 g/mol. The molecular weight excluding hydrogens is 427 g/mol. The van der Waals surface area contributed by atoms with Gasteiger partial charge in [0.15, 0.2) is 5.13 Å². The summed E-state index contributed by atoms with van der Waals surface area (Å²) in [5.74, 6) is 1.22. The van der Waals surface area contributed by atoms with E-state index in [1.165, 1.54) is 16.9 Å². The van der Waals surface area contributed by atoms with Crippen LogP contribution in [0.15, 0.2) is 47.8 Å². The van der Waals surface area contributed by atoms with Gasteiger partial charge in [-0.1, -0.05) is 49.2 Å². The Balaban J connectivity index is 1.44. The lowest BCUT2D eigenvalue weighted by molar-refractivity contribution is -0.116. The summed E-state index contributed by atoms with van der Waals surface area (Å²) in [4.78, 5) is 16.6. The van der Waals surface area contributed by atoms with Crippen LogP contribution in [0.3, 0.4) is 0 Å². The van der Waals surface area contributed by atoms with Crippen molar-refractivity contribution < 1.29 is 9.53 Å². The maximum atomic E-state index is 12.2. The number of thiazole rings is 1. The van der Waals surface area contributed by atoms with Crippen molar-refractivity contribution in [1.82, 2.24) is 4.98 Å². The Morgan fingerprint density at radius 2 is 1.93 bits per heavy atom. The number of hydrogen-bond acceptors (Lipinski definition) is 4. The Labute approximate surface area is 184 Å². The number of aromatic nitrogens is 1. The van der Waals surface area contributed by atoms with Crippen LogP contribution in [0.1, 0.15) is 38.2 Å². The van der Waals surface area contributed by atoms with Crippen molar-refractivity contribution in [3.8, 4) is 17.0 Å². The standard InChI is InChI=1S/C22H22Cl2N2O2S/c1-14(2)15-5-8-17(9-6-15)28-11-3-4-21(27)26-22-25-20(13-29-22)18-10-7-16(23)12-19(18)24/h5-10,12-14H,3-4,11H2,1-2H3,(H,25,26,27). The van der Waals surface area contributed by atoms with Gasteiger partial charge < -0.3 is 10.1 Å². The third-order valence-electron chi connectivity index (χ3n) is 4.32. The van der Waals surface area contributed by atoms with E-state index < -0.39 is 0 Å². The zero-order valence-corrected chi connectivity index (χ0v) is 18.6. The van der Waals surface area contributed by atoms with Crippen LogP contribution in [0.2, 0.25) is 10.0 Å². The number of carbonyl (C=O) groups excluding carboxylic acids is 1. The van der Waals surface area contributed by atoms with Gasteiger partial charge in [-0.2, -0.15) is 0 Å². The Hall–Kier alpha value is -2.08. The van der Waals surface area contributed by atoms with E-state index in [4.69, 9.17) is 27.9 Å². The highest BCUT2D eigenvalue weighted by atomic mass is 35.5. The number of anilines is 1. The van der Waals surface area contributed by atoms with E-state index in [1.807, 2.05) is 23.6 Å². The average Bonchev–Trinajstić information content (AvgIpc) is 3.13. The number of nitrogens with zero attached hydrogens (tertiary/aromatic N) is 1. The van der Waals surface area contributed by atoms with Gasteiger partial charge in [0.25, 0.3) is 0 Å². The van der Waals surface area contributed by atoms with Gasteiger partial charge >= 0.3 is 0 Å². The molecule has 0 aliphatic rings. The predicted molar refractivity (Wildman–Crippen MR) is 121 cm³/mol. The predicted octanol–water partition coefficient (Wildman–Crippen LogP) is 7.04. The Bertz CT molecular complexity index is 971. The highest BCUT2D eigenvalue weighted by Crippen LogP contribution is 2.32. The van der Waals surface area contributed by atoms with Crippen LogP contribution in [0.25, 0.3) is 11.3 Å². The molecule has 1 amide bonds. The third kappa shape index (κ3) is 6.20. The molecule has 0 aliphatic heterocycles. The van der Waals surface area contributed by atoms with Crippen LogP contribution in [-0.4, -0.2) is 17.5 Å². The molecule has 0 saturated heterocycles. The van der Waals surface area contributed by atoms with Crippen LogP contribution in [0, 0.1) is 0 Å². The molecule has 152 valence electrons. The van der Waals surface area contributed by atoms with Crippen molar-refractivity contribution in [1.29, 1.82) is 0 Å². The first-order valence-electron chi connectivity index (χ1n) is 9.36. The number of hydrogen-bond donors (Lipinski definition) is 1. The molecule has 1 N–H and O–H groups in total. The maximum Gasteiger partial charge on any atom is 0.226 e. The molecule has 0 spiro atoms. The molecular formula is C22H22Cl2N2O2S. The number of halogens is 2. The summed E-state index contributed by atoms with van der Waals surface area (Å²) in [5, 5.41) is 6.32. The van der Waals surface area contributed by atoms with Crippen molar-refractivity contribution in [2.45, 2.75) is 32.6 Å². The number of rotatable bonds is 8. The molecule has 0 bridgehead atoms. The lowest BCUT2D eigenvalue weighted by atomic mass is 10.0. The van der Waals surface area contributed by atoms with Crippen LogP contribution in [0.4, 0.5) is 5.13 Å². The topological polar surface area (TPSA) is 51.2 Å². The quantitative estimate of drug-likeness (QED) is 0.375. The third-order valence-corrected chi connectivity index (χ3v) is 5.63. The number of ether oxygens (including phenoxy) is 1. The molecule has 29 heavy (non-hydrogen) atoms. The second kappa shape index (κ2) is 10.1. The smallest absolute Gasteiger partial charge is 0.226 e. The van der Waals surface area contributed by atoms with E-state index in [-0.39, 0.29) is 5.91 Å². The first-order valence-corrected chi connectivity index (χ1v) is 11.0. The fourth-order valence-electron chi connectivity index (χ4n) is 2.71. The van der Waals surface area contributed by atoms with Gasteiger partial charge in [-0.05, 0) is 48.2 Å². The van der Waals surface area contributed by atoms with Crippen LogP contribution < -0.4 is 10.1 Å². The van der Waals surface area contributed by atoms with E-state index in [9.17, 15) is 4.79 Å². The van der Waals surface area contributed by atoms with Gasteiger partial charge in [-0.25, -0.2) is 4.98 Å². The lowest BCUT2D eigenvalue weighted by Gasteiger charge is -2.09. The summed E-state index contributed by atoms with van der Waals surface area (Å²) >= 11 is 13.5. The van der Waals surface area contributed by atoms with E-state index in [0.29, 0.717) is 46.2 Å². The Kier molecular flexibility index (Phi) is 7.53. The molecule has 4 nitrogen and oxygen atoms in total. The fraction of sp³-hybridized carbons (Fsp3) is 0.273. The number of benzene rings is 2. The van der Waals surface area contributed by atoms with Crippen LogP contribution >= 0.6 is 34.5 Å². The zero-order chi connectivity index (χ0) is 20.8. The van der Waals surface area contributed by atoms with E-state index >= 15 is 0 Å². The molecule has 0 fully saturated rings. The Morgan fingerprint density at radius 3 is 2.62 bits per heavy atom. The molecule has 0 aliphatic carbocycles. The van der Waals surface area contributed by atoms with Crippen molar-refractivity contribution in [3.63, 3.8) is 0 Å². The second-order valence-electron chi connectivity index (χ2n) is 6.89. The zero-order valence-electron chi connectivity index (χ0n) is 16.2. The van der Waals surface area contributed by atoms with Crippen LogP contribution in [0.5, 0.6) is 5.75 Å². The van der Waals surface area contributed by atoms with Crippen molar-refractivity contribution >= 4 is 45.6 Å². The minimum Gasteiger partial charge on any atom is -0.494 e. The minimum absolute atomic E-state index is 0.0909. The second-order valence-corrected chi connectivity index (χ2v) is 8.59. The van der Waals surface area contributed by atoms with Gasteiger partial charge in [0.05, 0.1) is 17.3 Å². The number of carbonyl (C=O) groups is 1. The fourth-order valence-corrected chi connectivity index (χ4v) is 3.94. The lowest BCUT2D eigenvalue weighted by Crippen LogP contribution is -2.12. The molecule has 3 aromatic rings. The Morgan fingerprint density at radius 1 is 1.17 bits per heavy atom. The SMILES string of the molecule is CC(C)c1ccc(OCCCC(=O)Nc2nc(-c3ccc(Cl)cc3Cl)cs2)cc1. The molecule has 0 unspecified atom stereocenters. The minimum atomic E-state index is -0.0909. The summed E-state index contributed by atoms with van der Waals surface area (Å²) in [6.45, 7) is 4.80. The normalized spacial score (nSPS) is 10.9. The largest absolute Gasteiger partial charge is 0.494 e. The highest BCUT2D eigenvalue weighted by Gasteiger charge is 2.11. The molecule has 2 aromatic carbocycles. The van der Waals surface area contributed by atoms with Crippen molar-refractivity contribution in [3.05, 3.63) is 63.5 Å². The van der Waals surface area contributed by atoms with Gasteiger partial charge in [0, 0.05) is 22.4 Å². The van der Waals surface area contributed by atoms with Crippen LogP contribution in [-0.2, 0) is 4.79 Å². The maximum absolute atomic E-state index is 12.2. The first kappa shape index (κ1) is 21.6. The van der Waals surface area contributed by atoms with Gasteiger partial charge in [-0.15, -0.1) is 11.3 Å². The average molecular weight is 449 g/mol. The molecule has 1 heterocycles.